The molecule has 0 saturated heterocycles. The van der Waals surface area contributed by atoms with E-state index in [9.17, 15) is 5.26 Å². The van der Waals surface area contributed by atoms with Gasteiger partial charge in [-0.2, -0.15) is 5.26 Å². The van der Waals surface area contributed by atoms with E-state index in [1.807, 2.05) is 72.8 Å². The first-order valence-corrected chi connectivity index (χ1v) is 15.8. The van der Waals surface area contributed by atoms with Crippen molar-refractivity contribution in [3.8, 4) is 73.6 Å². The first kappa shape index (κ1) is 28.3. The number of aromatic nitrogens is 3. The van der Waals surface area contributed by atoms with Crippen molar-refractivity contribution in [2.75, 3.05) is 0 Å². The van der Waals surface area contributed by atoms with E-state index in [1.165, 1.54) is 22.3 Å². The summed E-state index contributed by atoms with van der Waals surface area (Å²) in [7, 11) is 0. The lowest BCUT2D eigenvalue weighted by Crippen LogP contribution is -2.15. The maximum Gasteiger partial charge on any atom is 0.164 e. The van der Waals surface area contributed by atoms with E-state index in [1.54, 1.807) is 0 Å². The van der Waals surface area contributed by atoms with Gasteiger partial charge < -0.3 is 0 Å². The van der Waals surface area contributed by atoms with Crippen LogP contribution >= 0.6 is 0 Å². The van der Waals surface area contributed by atoms with Crippen LogP contribution in [0.25, 0.3) is 67.5 Å². The highest BCUT2D eigenvalue weighted by atomic mass is 15.0. The number of nitriles is 1. The van der Waals surface area contributed by atoms with Gasteiger partial charge in [-0.15, -0.1) is 0 Å². The second-order valence-corrected chi connectivity index (χ2v) is 12.4. The smallest absolute Gasteiger partial charge is 0.164 e. The van der Waals surface area contributed by atoms with Crippen LogP contribution in [0.15, 0.2) is 146 Å². The molecule has 0 saturated carbocycles. The topological polar surface area (TPSA) is 62.5 Å². The number of hydrogen-bond acceptors (Lipinski definition) is 4. The Hall–Kier alpha value is -6.18. The second-order valence-electron chi connectivity index (χ2n) is 12.4. The Bertz CT molecular complexity index is 2330. The monoisotopic (exact) mass is 602 g/mol. The molecule has 47 heavy (non-hydrogen) atoms. The highest BCUT2D eigenvalue weighted by Crippen LogP contribution is 2.50. The SMILES string of the molecule is CC1(C)c2ccc(-c3cccc(-c4nc(-c5ccccc5)nc(-c5ccccc5-c5ccccc5)n4)c3)cc2-c2ccc(C#N)cc21. The van der Waals surface area contributed by atoms with Gasteiger partial charge in [-0.05, 0) is 68.8 Å². The third-order valence-corrected chi connectivity index (χ3v) is 9.18. The minimum atomic E-state index is -0.178. The molecule has 0 fully saturated rings. The number of nitrogens with zero attached hydrogens (tertiary/aromatic N) is 4. The average molecular weight is 603 g/mol. The molecular formula is C43H30N4. The van der Waals surface area contributed by atoms with Crippen LogP contribution in [-0.4, -0.2) is 15.0 Å². The van der Waals surface area contributed by atoms with E-state index in [-0.39, 0.29) is 5.41 Å². The fourth-order valence-corrected chi connectivity index (χ4v) is 6.73. The van der Waals surface area contributed by atoms with Crippen LogP contribution in [0.3, 0.4) is 0 Å². The standard InChI is InChI=1S/C43H30N4/c1-43(2)38-23-21-32(26-37(38)35-22-20-28(27-44)24-39(35)43)31-16-11-17-33(25-31)41-45-40(30-14-7-4-8-15-30)46-42(47-41)36-19-10-9-18-34(36)29-12-5-3-6-13-29/h3-26H,1-2H3. The van der Waals surface area contributed by atoms with Crippen molar-refractivity contribution in [2.45, 2.75) is 19.3 Å². The van der Waals surface area contributed by atoms with Crippen LogP contribution in [0.1, 0.15) is 30.5 Å². The maximum atomic E-state index is 9.53. The minimum absolute atomic E-state index is 0.178. The van der Waals surface area contributed by atoms with Crippen molar-refractivity contribution >= 4 is 0 Å². The molecule has 1 aliphatic rings. The summed E-state index contributed by atoms with van der Waals surface area (Å²) in [5, 5.41) is 9.53. The highest BCUT2D eigenvalue weighted by molar-refractivity contribution is 5.86. The van der Waals surface area contributed by atoms with Gasteiger partial charge in [0.15, 0.2) is 17.5 Å². The van der Waals surface area contributed by atoms with Gasteiger partial charge in [0.05, 0.1) is 11.6 Å². The van der Waals surface area contributed by atoms with Gasteiger partial charge in [0, 0.05) is 22.1 Å². The summed E-state index contributed by atoms with van der Waals surface area (Å²) >= 11 is 0. The Kier molecular flexibility index (Phi) is 6.82. The van der Waals surface area contributed by atoms with Crippen molar-refractivity contribution in [1.29, 1.82) is 5.26 Å². The fraction of sp³-hybridized carbons (Fsp3) is 0.0698. The summed E-state index contributed by atoms with van der Waals surface area (Å²) in [4.78, 5) is 15.1. The van der Waals surface area contributed by atoms with Gasteiger partial charge in [-0.1, -0.05) is 135 Å². The summed E-state index contributed by atoms with van der Waals surface area (Å²) in [6.45, 7) is 4.47. The molecule has 222 valence electrons. The summed E-state index contributed by atoms with van der Waals surface area (Å²) in [6, 6.07) is 52.2. The Labute approximate surface area is 274 Å². The van der Waals surface area contributed by atoms with Gasteiger partial charge in [-0.25, -0.2) is 15.0 Å². The minimum Gasteiger partial charge on any atom is -0.208 e. The molecule has 7 aromatic rings. The first-order chi connectivity index (χ1) is 23.0. The molecule has 0 bridgehead atoms. The normalized spacial score (nSPS) is 12.6. The molecule has 0 atom stereocenters. The van der Waals surface area contributed by atoms with Gasteiger partial charge in [-0.3, -0.25) is 0 Å². The van der Waals surface area contributed by atoms with E-state index in [0.717, 1.165) is 38.9 Å². The van der Waals surface area contributed by atoms with E-state index in [0.29, 0.717) is 23.0 Å². The Balaban J connectivity index is 1.26. The molecule has 0 aliphatic heterocycles. The molecule has 4 nitrogen and oxygen atoms in total. The Morgan fingerprint density at radius 3 is 1.77 bits per heavy atom. The Morgan fingerprint density at radius 2 is 1.02 bits per heavy atom. The third-order valence-electron chi connectivity index (χ3n) is 9.18. The molecule has 4 heteroatoms. The van der Waals surface area contributed by atoms with Crippen LogP contribution in [0.2, 0.25) is 0 Å². The largest absolute Gasteiger partial charge is 0.208 e. The zero-order chi connectivity index (χ0) is 32.0. The molecule has 0 spiro atoms. The molecular weight excluding hydrogens is 573 g/mol. The molecule has 0 amide bonds. The van der Waals surface area contributed by atoms with Crippen molar-refractivity contribution in [3.63, 3.8) is 0 Å². The summed E-state index contributed by atoms with van der Waals surface area (Å²) in [5.41, 5.74) is 12.6. The van der Waals surface area contributed by atoms with E-state index in [4.69, 9.17) is 15.0 Å². The summed E-state index contributed by atoms with van der Waals surface area (Å²) < 4.78 is 0. The van der Waals surface area contributed by atoms with E-state index in [2.05, 4.69) is 92.7 Å². The quantitative estimate of drug-likeness (QED) is 0.197. The molecule has 1 heterocycles. The van der Waals surface area contributed by atoms with Gasteiger partial charge >= 0.3 is 0 Å². The number of benzene rings is 6. The third kappa shape index (κ3) is 4.99. The summed E-state index contributed by atoms with van der Waals surface area (Å²) in [5.74, 6) is 1.88. The van der Waals surface area contributed by atoms with E-state index >= 15 is 0 Å². The van der Waals surface area contributed by atoms with Crippen molar-refractivity contribution < 1.29 is 0 Å². The van der Waals surface area contributed by atoms with Crippen LogP contribution < -0.4 is 0 Å². The predicted octanol–water partition coefficient (Wildman–Crippen LogP) is 10.4. The predicted molar refractivity (Wildman–Crippen MR) is 189 cm³/mol. The van der Waals surface area contributed by atoms with Crippen LogP contribution in [0.5, 0.6) is 0 Å². The molecule has 1 aromatic heterocycles. The van der Waals surface area contributed by atoms with Crippen molar-refractivity contribution in [1.82, 2.24) is 15.0 Å². The lowest BCUT2D eigenvalue weighted by molar-refractivity contribution is 0.660. The molecule has 0 unspecified atom stereocenters. The number of rotatable bonds is 5. The molecule has 6 aromatic carbocycles. The van der Waals surface area contributed by atoms with Crippen LogP contribution in [-0.2, 0) is 5.41 Å². The molecule has 0 radical (unpaired) electrons. The summed E-state index contributed by atoms with van der Waals surface area (Å²) in [6.07, 6.45) is 0. The van der Waals surface area contributed by atoms with Crippen molar-refractivity contribution in [3.05, 3.63) is 162 Å². The first-order valence-electron chi connectivity index (χ1n) is 15.8. The maximum absolute atomic E-state index is 9.53. The lowest BCUT2D eigenvalue weighted by atomic mass is 9.81. The van der Waals surface area contributed by atoms with Gasteiger partial charge in [0.2, 0.25) is 0 Å². The zero-order valence-corrected chi connectivity index (χ0v) is 26.1. The number of fused-ring (bicyclic) bond motifs is 3. The second kappa shape index (κ2) is 11.3. The average Bonchev–Trinajstić information content (AvgIpc) is 3.37. The molecule has 8 rings (SSSR count). The van der Waals surface area contributed by atoms with Gasteiger partial charge in [0.1, 0.15) is 0 Å². The Morgan fingerprint density at radius 1 is 0.426 bits per heavy atom. The van der Waals surface area contributed by atoms with Crippen molar-refractivity contribution in [2.24, 2.45) is 0 Å². The molecule has 0 N–H and O–H groups in total. The highest BCUT2D eigenvalue weighted by Gasteiger charge is 2.35. The van der Waals surface area contributed by atoms with Crippen LogP contribution in [0.4, 0.5) is 0 Å². The fourth-order valence-electron chi connectivity index (χ4n) is 6.73. The zero-order valence-electron chi connectivity index (χ0n) is 26.1. The van der Waals surface area contributed by atoms with Gasteiger partial charge in [0.25, 0.3) is 0 Å². The van der Waals surface area contributed by atoms with Crippen LogP contribution in [0, 0.1) is 11.3 Å². The lowest BCUT2D eigenvalue weighted by Gasteiger charge is -2.21. The van der Waals surface area contributed by atoms with E-state index < -0.39 is 0 Å². The number of hydrogen-bond donors (Lipinski definition) is 0. The molecule has 1 aliphatic carbocycles.